The maximum atomic E-state index is 10.1. The van der Waals surface area contributed by atoms with Crippen LogP contribution < -0.4 is 10.5 Å². The maximum Gasteiger partial charge on any atom is 0.162 e. The Labute approximate surface area is 102 Å². The van der Waals surface area contributed by atoms with E-state index < -0.39 is 11.5 Å². The number of aliphatic hydroxyl groups excluding tert-OH is 1. The Morgan fingerprint density at radius 3 is 2.59 bits per heavy atom. The molecule has 0 aliphatic heterocycles. The summed E-state index contributed by atoms with van der Waals surface area (Å²) in [4.78, 5) is 0. The fourth-order valence-corrected chi connectivity index (χ4v) is 1.58. The van der Waals surface area contributed by atoms with Crippen LogP contribution >= 0.6 is 0 Å². The van der Waals surface area contributed by atoms with Gasteiger partial charge in [0.15, 0.2) is 11.5 Å². The molecule has 96 valence electrons. The van der Waals surface area contributed by atoms with Crippen molar-refractivity contribution in [3.8, 4) is 11.5 Å². The van der Waals surface area contributed by atoms with E-state index in [1.165, 1.54) is 0 Å². The van der Waals surface area contributed by atoms with Gasteiger partial charge in [-0.25, -0.2) is 0 Å². The molecule has 0 amide bonds. The van der Waals surface area contributed by atoms with Crippen molar-refractivity contribution in [2.24, 2.45) is 11.1 Å². The molecule has 1 rings (SSSR count). The molecular weight excluding hydrogens is 218 g/mol. The number of hydrogen-bond donors (Lipinski definition) is 3. The fraction of sp³-hybridized carbons (Fsp3) is 0.538. The molecule has 4 N–H and O–H groups in total. The van der Waals surface area contributed by atoms with Gasteiger partial charge in [-0.1, -0.05) is 26.0 Å². The summed E-state index contributed by atoms with van der Waals surface area (Å²) in [5.41, 5.74) is 6.17. The molecule has 0 aliphatic rings. The van der Waals surface area contributed by atoms with Crippen LogP contribution in [0.2, 0.25) is 0 Å². The summed E-state index contributed by atoms with van der Waals surface area (Å²) in [5.74, 6) is 0.484. The Bertz CT molecular complexity index is 377. The molecule has 0 spiro atoms. The van der Waals surface area contributed by atoms with Crippen molar-refractivity contribution in [2.75, 3.05) is 13.2 Å². The molecule has 1 aromatic rings. The summed E-state index contributed by atoms with van der Waals surface area (Å²) in [6.45, 7) is 5.99. The molecule has 0 unspecified atom stereocenters. The number of hydrogen-bond acceptors (Lipinski definition) is 4. The molecule has 0 aromatic heterocycles. The zero-order valence-corrected chi connectivity index (χ0v) is 10.6. The molecule has 0 radical (unpaired) electrons. The van der Waals surface area contributed by atoms with Crippen molar-refractivity contribution in [1.29, 1.82) is 0 Å². The van der Waals surface area contributed by atoms with E-state index in [1.54, 1.807) is 18.2 Å². The van der Waals surface area contributed by atoms with Crippen LogP contribution in [0.15, 0.2) is 18.2 Å². The number of aliphatic hydroxyl groups is 1. The van der Waals surface area contributed by atoms with Gasteiger partial charge < -0.3 is 20.7 Å². The fourth-order valence-electron chi connectivity index (χ4n) is 1.58. The van der Waals surface area contributed by atoms with Crippen molar-refractivity contribution >= 4 is 0 Å². The van der Waals surface area contributed by atoms with Crippen LogP contribution in [0.3, 0.4) is 0 Å². The lowest BCUT2D eigenvalue weighted by Gasteiger charge is -2.30. The zero-order valence-electron chi connectivity index (χ0n) is 10.6. The summed E-state index contributed by atoms with van der Waals surface area (Å²) < 4.78 is 5.31. The van der Waals surface area contributed by atoms with Gasteiger partial charge in [0.25, 0.3) is 0 Å². The molecule has 4 nitrogen and oxygen atoms in total. The van der Waals surface area contributed by atoms with Gasteiger partial charge in [-0.3, -0.25) is 0 Å². The van der Waals surface area contributed by atoms with E-state index in [4.69, 9.17) is 10.5 Å². The molecule has 1 aromatic carbocycles. The van der Waals surface area contributed by atoms with Gasteiger partial charge in [-0.2, -0.15) is 0 Å². The minimum atomic E-state index is -0.498. The number of ether oxygens (including phenoxy) is 1. The van der Waals surface area contributed by atoms with E-state index >= 15 is 0 Å². The Balaban J connectivity index is 3.10. The van der Waals surface area contributed by atoms with Crippen LogP contribution in [0, 0.1) is 5.41 Å². The first-order valence-electron chi connectivity index (χ1n) is 5.75. The minimum absolute atomic E-state index is 0.0491. The summed E-state index contributed by atoms with van der Waals surface area (Å²) in [6, 6.07) is 4.78. The molecule has 0 heterocycles. The van der Waals surface area contributed by atoms with Gasteiger partial charge in [0.2, 0.25) is 0 Å². The van der Waals surface area contributed by atoms with Crippen LogP contribution in [-0.4, -0.2) is 23.4 Å². The Hall–Kier alpha value is -1.26. The summed E-state index contributed by atoms with van der Waals surface area (Å²) in [7, 11) is 0. The van der Waals surface area contributed by atoms with Crippen molar-refractivity contribution in [3.63, 3.8) is 0 Å². The number of benzene rings is 1. The standard InChI is InChI=1S/C13H21NO3/c1-4-17-10-7-5-6-9(11(10)16)12(14)13(2,3)8-15/h5-7,12,15-16H,4,8,14H2,1-3H3/t12-/m1/s1. The third kappa shape index (κ3) is 2.90. The SMILES string of the molecule is CCOc1cccc([C@@H](N)C(C)(C)CO)c1O. The van der Waals surface area contributed by atoms with Gasteiger partial charge in [-0.15, -0.1) is 0 Å². The predicted octanol–water partition coefficient (Wildman–Crippen LogP) is 1.81. The highest BCUT2D eigenvalue weighted by molar-refractivity contribution is 5.47. The number of nitrogens with two attached hydrogens (primary N) is 1. The molecule has 0 fully saturated rings. The second kappa shape index (κ2) is 5.38. The number of phenolic OH excluding ortho intramolecular Hbond substituents is 1. The van der Waals surface area contributed by atoms with E-state index in [0.717, 1.165) is 0 Å². The highest BCUT2D eigenvalue weighted by Gasteiger charge is 2.29. The lowest BCUT2D eigenvalue weighted by Crippen LogP contribution is -2.32. The Kier molecular flexibility index (Phi) is 4.37. The smallest absolute Gasteiger partial charge is 0.162 e. The summed E-state index contributed by atoms with van der Waals surface area (Å²) in [5, 5.41) is 19.4. The van der Waals surface area contributed by atoms with Crippen molar-refractivity contribution in [2.45, 2.75) is 26.8 Å². The van der Waals surface area contributed by atoms with Crippen molar-refractivity contribution in [1.82, 2.24) is 0 Å². The largest absolute Gasteiger partial charge is 0.504 e. The van der Waals surface area contributed by atoms with Gasteiger partial charge in [-0.05, 0) is 13.0 Å². The first-order valence-corrected chi connectivity index (χ1v) is 5.75. The van der Waals surface area contributed by atoms with Gasteiger partial charge in [0.1, 0.15) is 0 Å². The highest BCUT2D eigenvalue weighted by Crippen LogP contribution is 2.39. The normalized spacial score (nSPS) is 13.5. The number of rotatable bonds is 5. The van der Waals surface area contributed by atoms with E-state index in [2.05, 4.69) is 0 Å². The summed E-state index contributed by atoms with van der Waals surface area (Å²) >= 11 is 0. The topological polar surface area (TPSA) is 75.7 Å². The minimum Gasteiger partial charge on any atom is -0.504 e. The molecule has 17 heavy (non-hydrogen) atoms. The lowest BCUT2D eigenvalue weighted by atomic mass is 9.81. The lowest BCUT2D eigenvalue weighted by molar-refractivity contribution is 0.131. The van der Waals surface area contributed by atoms with Crippen molar-refractivity contribution < 1.29 is 14.9 Å². The third-order valence-corrected chi connectivity index (χ3v) is 2.91. The number of para-hydroxylation sites is 1. The van der Waals surface area contributed by atoms with Gasteiger partial charge in [0, 0.05) is 23.6 Å². The van der Waals surface area contributed by atoms with Crippen molar-refractivity contribution in [3.05, 3.63) is 23.8 Å². The van der Waals surface area contributed by atoms with Crippen LogP contribution in [0.5, 0.6) is 11.5 Å². The van der Waals surface area contributed by atoms with Crippen LogP contribution in [0.1, 0.15) is 32.4 Å². The number of aromatic hydroxyl groups is 1. The molecule has 0 aliphatic carbocycles. The first-order chi connectivity index (χ1) is 7.94. The maximum absolute atomic E-state index is 10.1. The molecule has 0 saturated heterocycles. The van der Waals surface area contributed by atoms with Crippen LogP contribution in [0.25, 0.3) is 0 Å². The monoisotopic (exact) mass is 239 g/mol. The average molecular weight is 239 g/mol. The van der Waals surface area contributed by atoms with Crippen LogP contribution in [0.4, 0.5) is 0 Å². The quantitative estimate of drug-likeness (QED) is 0.732. The molecule has 1 atom stereocenters. The average Bonchev–Trinajstić information content (AvgIpc) is 2.31. The van der Waals surface area contributed by atoms with Gasteiger partial charge >= 0.3 is 0 Å². The Morgan fingerprint density at radius 1 is 1.41 bits per heavy atom. The van der Waals surface area contributed by atoms with E-state index in [9.17, 15) is 10.2 Å². The highest BCUT2D eigenvalue weighted by atomic mass is 16.5. The zero-order chi connectivity index (χ0) is 13.1. The predicted molar refractivity (Wildman–Crippen MR) is 67.1 cm³/mol. The first kappa shape index (κ1) is 13.8. The summed E-state index contributed by atoms with van der Waals surface area (Å²) in [6.07, 6.45) is 0. The molecule has 0 saturated carbocycles. The second-order valence-corrected chi connectivity index (χ2v) is 4.75. The number of phenols is 1. The second-order valence-electron chi connectivity index (χ2n) is 4.75. The molecular formula is C13H21NO3. The third-order valence-electron chi connectivity index (χ3n) is 2.91. The molecule has 0 bridgehead atoms. The van der Waals surface area contributed by atoms with Crippen LogP contribution in [-0.2, 0) is 0 Å². The Morgan fingerprint density at radius 2 is 2.06 bits per heavy atom. The van der Waals surface area contributed by atoms with E-state index in [-0.39, 0.29) is 12.4 Å². The van der Waals surface area contributed by atoms with E-state index in [0.29, 0.717) is 17.9 Å². The van der Waals surface area contributed by atoms with E-state index in [1.807, 2.05) is 20.8 Å². The molecule has 4 heteroatoms. The van der Waals surface area contributed by atoms with Gasteiger partial charge in [0.05, 0.1) is 6.61 Å².